The zero-order valence-electron chi connectivity index (χ0n) is 14.5. The van der Waals surface area contributed by atoms with Crippen LogP contribution in [0.5, 0.6) is 0 Å². The van der Waals surface area contributed by atoms with Gasteiger partial charge in [-0.1, -0.05) is 59.1 Å². The highest BCUT2D eigenvalue weighted by Crippen LogP contribution is 2.21. The smallest absolute Gasteiger partial charge is 0.308 e. The summed E-state index contributed by atoms with van der Waals surface area (Å²) in [5.41, 5.74) is 2.45. The van der Waals surface area contributed by atoms with Crippen LogP contribution in [0.1, 0.15) is 64.9 Å². The first-order chi connectivity index (χ1) is 10.5. The zero-order chi connectivity index (χ0) is 16.5. The van der Waals surface area contributed by atoms with Crippen molar-refractivity contribution in [1.82, 2.24) is 0 Å². The lowest BCUT2D eigenvalue weighted by molar-refractivity contribution is -0.140. The summed E-state index contributed by atoms with van der Waals surface area (Å²) in [6.07, 6.45) is 4.79. The molecule has 0 aliphatic heterocycles. The predicted molar refractivity (Wildman–Crippen MR) is 93.7 cm³/mol. The van der Waals surface area contributed by atoms with Gasteiger partial charge in [-0.3, -0.25) is 4.79 Å². The molecule has 0 saturated heterocycles. The number of benzene rings is 1. The van der Waals surface area contributed by atoms with Gasteiger partial charge in [0.1, 0.15) is 0 Å². The average Bonchev–Trinajstić information content (AvgIpc) is 2.50. The van der Waals surface area contributed by atoms with Crippen LogP contribution in [-0.2, 0) is 4.79 Å². The number of anilines is 1. The highest BCUT2D eigenvalue weighted by Gasteiger charge is 2.16. The molecule has 1 N–H and O–H groups in total. The van der Waals surface area contributed by atoms with Crippen LogP contribution < -0.4 is 4.90 Å². The van der Waals surface area contributed by atoms with Crippen LogP contribution in [0, 0.1) is 5.92 Å². The second-order valence-electron chi connectivity index (χ2n) is 6.49. The van der Waals surface area contributed by atoms with Crippen LogP contribution in [0.4, 0.5) is 5.69 Å². The van der Waals surface area contributed by atoms with Gasteiger partial charge in [-0.05, 0) is 30.0 Å². The molecule has 0 aromatic heterocycles. The lowest BCUT2D eigenvalue weighted by Gasteiger charge is -2.27. The maximum Gasteiger partial charge on any atom is 0.308 e. The Hall–Kier alpha value is -1.51. The zero-order valence-corrected chi connectivity index (χ0v) is 14.5. The first-order valence-electron chi connectivity index (χ1n) is 8.53. The molecule has 0 aliphatic carbocycles. The van der Waals surface area contributed by atoms with Crippen LogP contribution in [0.25, 0.3) is 0 Å². The fourth-order valence-electron chi connectivity index (χ4n) is 2.53. The van der Waals surface area contributed by atoms with E-state index >= 15 is 0 Å². The van der Waals surface area contributed by atoms with E-state index in [1.165, 1.54) is 24.8 Å². The van der Waals surface area contributed by atoms with Gasteiger partial charge in [-0.15, -0.1) is 0 Å². The summed E-state index contributed by atoms with van der Waals surface area (Å²) < 4.78 is 0. The Morgan fingerprint density at radius 3 is 2.23 bits per heavy atom. The van der Waals surface area contributed by atoms with Crippen LogP contribution in [0.15, 0.2) is 24.3 Å². The quantitative estimate of drug-likeness (QED) is 0.624. The van der Waals surface area contributed by atoms with Gasteiger partial charge in [0.25, 0.3) is 0 Å². The molecule has 0 saturated carbocycles. The molecule has 0 amide bonds. The third-order valence-electron chi connectivity index (χ3n) is 4.12. The first-order valence-corrected chi connectivity index (χ1v) is 8.53. The SMILES string of the molecule is CCCCCCN(CC(C)C(=O)O)c1ccc(C(C)C)cc1. The molecule has 0 radical (unpaired) electrons. The first kappa shape index (κ1) is 18.5. The fourth-order valence-corrected chi connectivity index (χ4v) is 2.53. The van der Waals surface area contributed by atoms with Crippen molar-refractivity contribution >= 4 is 11.7 Å². The van der Waals surface area contributed by atoms with E-state index in [1.807, 2.05) is 0 Å². The molecule has 0 bridgehead atoms. The molecule has 0 fully saturated rings. The van der Waals surface area contributed by atoms with Crippen molar-refractivity contribution in [3.05, 3.63) is 29.8 Å². The van der Waals surface area contributed by atoms with Crippen molar-refractivity contribution < 1.29 is 9.90 Å². The second-order valence-corrected chi connectivity index (χ2v) is 6.49. The monoisotopic (exact) mass is 305 g/mol. The number of nitrogens with zero attached hydrogens (tertiary/aromatic N) is 1. The number of carbonyl (C=O) groups is 1. The molecule has 1 rings (SSSR count). The van der Waals surface area contributed by atoms with Gasteiger partial charge in [0.15, 0.2) is 0 Å². The largest absolute Gasteiger partial charge is 0.481 e. The highest BCUT2D eigenvalue weighted by molar-refractivity contribution is 5.70. The Bertz CT molecular complexity index is 439. The van der Waals surface area contributed by atoms with Crippen LogP contribution in [0.3, 0.4) is 0 Å². The van der Waals surface area contributed by atoms with E-state index in [0.29, 0.717) is 12.5 Å². The Morgan fingerprint density at radius 2 is 1.73 bits per heavy atom. The predicted octanol–water partition coefficient (Wildman–Crippen LogP) is 4.92. The van der Waals surface area contributed by atoms with Gasteiger partial charge in [-0.2, -0.15) is 0 Å². The van der Waals surface area contributed by atoms with E-state index in [4.69, 9.17) is 0 Å². The number of hydrogen-bond donors (Lipinski definition) is 1. The lowest BCUT2D eigenvalue weighted by Crippen LogP contribution is -2.32. The van der Waals surface area contributed by atoms with E-state index in [1.54, 1.807) is 6.92 Å². The molecule has 22 heavy (non-hydrogen) atoms. The number of rotatable bonds is 10. The summed E-state index contributed by atoms with van der Waals surface area (Å²) in [6, 6.07) is 8.57. The van der Waals surface area contributed by atoms with Gasteiger partial charge in [0.2, 0.25) is 0 Å². The van der Waals surface area contributed by atoms with Crippen molar-refractivity contribution in [2.24, 2.45) is 5.92 Å². The number of carboxylic acid groups (broad SMARTS) is 1. The summed E-state index contributed by atoms with van der Waals surface area (Å²) in [6.45, 7) is 9.86. The van der Waals surface area contributed by atoms with Gasteiger partial charge >= 0.3 is 5.97 Å². The van der Waals surface area contributed by atoms with Gasteiger partial charge in [0, 0.05) is 18.8 Å². The van der Waals surface area contributed by atoms with Crippen molar-refractivity contribution in [2.45, 2.75) is 59.3 Å². The van der Waals surface area contributed by atoms with E-state index in [-0.39, 0.29) is 5.92 Å². The molecule has 124 valence electrons. The second kappa shape index (κ2) is 9.50. The summed E-state index contributed by atoms with van der Waals surface area (Å²) in [7, 11) is 0. The molecule has 0 spiro atoms. The molecule has 0 aliphatic rings. The fraction of sp³-hybridized carbons (Fsp3) is 0.632. The molecule has 1 aromatic carbocycles. The van der Waals surface area contributed by atoms with Crippen LogP contribution in [0.2, 0.25) is 0 Å². The third-order valence-corrected chi connectivity index (χ3v) is 4.12. The number of aliphatic carboxylic acids is 1. The summed E-state index contributed by atoms with van der Waals surface area (Å²) in [5.74, 6) is -0.557. The number of hydrogen-bond acceptors (Lipinski definition) is 2. The molecular formula is C19H31NO2. The summed E-state index contributed by atoms with van der Waals surface area (Å²) in [4.78, 5) is 13.4. The number of carboxylic acids is 1. The molecular weight excluding hydrogens is 274 g/mol. The molecule has 3 nitrogen and oxygen atoms in total. The Kier molecular flexibility index (Phi) is 8.00. The van der Waals surface area contributed by atoms with E-state index in [2.05, 4.69) is 49.9 Å². The van der Waals surface area contributed by atoms with Crippen LogP contribution in [-0.4, -0.2) is 24.2 Å². The minimum atomic E-state index is -0.725. The molecule has 1 unspecified atom stereocenters. The normalized spacial score (nSPS) is 12.4. The minimum Gasteiger partial charge on any atom is -0.481 e. The Balaban J connectivity index is 2.76. The Morgan fingerprint density at radius 1 is 1.09 bits per heavy atom. The average molecular weight is 305 g/mol. The van der Waals surface area contributed by atoms with Crippen molar-refractivity contribution in [3.63, 3.8) is 0 Å². The summed E-state index contributed by atoms with van der Waals surface area (Å²) in [5, 5.41) is 9.18. The van der Waals surface area contributed by atoms with E-state index < -0.39 is 5.97 Å². The van der Waals surface area contributed by atoms with Gasteiger partial charge in [0.05, 0.1) is 5.92 Å². The third kappa shape index (κ3) is 6.08. The molecule has 0 heterocycles. The van der Waals surface area contributed by atoms with Gasteiger partial charge < -0.3 is 10.0 Å². The maximum absolute atomic E-state index is 11.2. The lowest BCUT2D eigenvalue weighted by atomic mass is 10.0. The van der Waals surface area contributed by atoms with Gasteiger partial charge in [-0.25, -0.2) is 0 Å². The van der Waals surface area contributed by atoms with Crippen LogP contribution >= 0.6 is 0 Å². The van der Waals surface area contributed by atoms with Crippen molar-refractivity contribution in [3.8, 4) is 0 Å². The Labute approximate surface area is 135 Å². The molecule has 1 aromatic rings. The topological polar surface area (TPSA) is 40.5 Å². The molecule has 3 heteroatoms. The highest BCUT2D eigenvalue weighted by atomic mass is 16.4. The van der Waals surface area contributed by atoms with Crippen molar-refractivity contribution in [1.29, 1.82) is 0 Å². The maximum atomic E-state index is 11.2. The standard InChI is InChI=1S/C19H31NO2/c1-5-6-7-8-13-20(14-16(4)19(21)22)18-11-9-17(10-12-18)15(2)3/h9-12,15-16H,5-8,13-14H2,1-4H3,(H,21,22). The summed E-state index contributed by atoms with van der Waals surface area (Å²) >= 11 is 0. The minimum absolute atomic E-state index is 0.351. The van der Waals surface area contributed by atoms with Crippen molar-refractivity contribution in [2.75, 3.05) is 18.0 Å². The number of unbranched alkanes of at least 4 members (excludes halogenated alkanes) is 3. The van der Waals surface area contributed by atoms with E-state index in [0.717, 1.165) is 18.7 Å². The van der Waals surface area contributed by atoms with E-state index in [9.17, 15) is 9.90 Å². The molecule has 1 atom stereocenters.